The van der Waals surface area contributed by atoms with Gasteiger partial charge in [0.1, 0.15) is 11.5 Å². The zero-order valence-corrected chi connectivity index (χ0v) is 21.7. The van der Waals surface area contributed by atoms with Crippen molar-refractivity contribution in [3.8, 4) is 28.6 Å². The van der Waals surface area contributed by atoms with E-state index >= 15 is 0 Å². The van der Waals surface area contributed by atoms with Gasteiger partial charge >= 0.3 is 0 Å². The predicted molar refractivity (Wildman–Crippen MR) is 150 cm³/mol. The summed E-state index contributed by atoms with van der Waals surface area (Å²) in [5.74, 6) is 1.94. The molecule has 9 heteroatoms. The summed E-state index contributed by atoms with van der Waals surface area (Å²) in [6.45, 7) is 0. The molecular weight excluding hydrogens is 498 g/mol. The number of amides is 1. The van der Waals surface area contributed by atoms with Gasteiger partial charge in [-0.3, -0.25) is 9.36 Å². The van der Waals surface area contributed by atoms with Gasteiger partial charge in [0.15, 0.2) is 11.0 Å². The topological polar surface area (TPSA) is 90.6 Å². The first-order valence-electron chi connectivity index (χ1n) is 11.8. The van der Waals surface area contributed by atoms with Crippen molar-refractivity contribution >= 4 is 34.7 Å². The number of benzene rings is 4. The fourth-order valence-electron chi connectivity index (χ4n) is 4.02. The maximum Gasteiger partial charge on any atom is 0.250 e. The van der Waals surface area contributed by atoms with Gasteiger partial charge < -0.3 is 9.47 Å². The van der Waals surface area contributed by atoms with Crippen LogP contribution in [0.25, 0.3) is 27.8 Å². The highest BCUT2D eigenvalue weighted by Crippen LogP contribution is 2.29. The lowest BCUT2D eigenvalue weighted by Gasteiger charge is -2.11. The van der Waals surface area contributed by atoms with Gasteiger partial charge in [0, 0.05) is 16.8 Å². The Morgan fingerprint density at radius 3 is 2.45 bits per heavy atom. The van der Waals surface area contributed by atoms with Gasteiger partial charge in [-0.25, -0.2) is 5.43 Å². The molecule has 0 spiro atoms. The molecule has 0 saturated carbocycles. The molecule has 0 bridgehead atoms. The Kier molecular flexibility index (Phi) is 7.65. The number of rotatable bonds is 9. The Balaban J connectivity index is 1.34. The molecule has 4 aromatic carbocycles. The van der Waals surface area contributed by atoms with Crippen LogP contribution in [0.5, 0.6) is 11.5 Å². The van der Waals surface area contributed by atoms with Gasteiger partial charge in [-0.15, -0.1) is 10.2 Å². The summed E-state index contributed by atoms with van der Waals surface area (Å²) in [6, 6.07) is 29.2. The van der Waals surface area contributed by atoms with E-state index in [4.69, 9.17) is 9.47 Å². The van der Waals surface area contributed by atoms with Crippen LogP contribution in [0.1, 0.15) is 5.56 Å². The highest BCUT2D eigenvalue weighted by molar-refractivity contribution is 7.99. The van der Waals surface area contributed by atoms with Gasteiger partial charge in [-0.2, -0.15) is 5.10 Å². The van der Waals surface area contributed by atoms with Crippen LogP contribution in [0.4, 0.5) is 0 Å². The number of ether oxygens (including phenoxy) is 2. The number of thioether (sulfide) groups is 1. The number of fused-ring (bicyclic) bond motifs is 1. The fraction of sp³-hybridized carbons (Fsp3) is 0.103. The van der Waals surface area contributed by atoms with Crippen LogP contribution < -0.4 is 14.9 Å². The molecular formula is C29H25N5O3S. The molecule has 5 aromatic rings. The number of carbonyl (C=O) groups excluding carboxylic acids is 1. The van der Waals surface area contributed by atoms with Crippen LogP contribution in [-0.2, 0) is 4.79 Å². The molecule has 0 aliphatic heterocycles. The average molecular weight is 524 g/mol. The van der Waals surface area contributed by atoms with E-state index in [1.165, 1.54) is 11.8 Å². The fourth-order valence-corrected chi connectivity index (χ4v) is 4.76. The molecule has 0 radical (unpaired) electrons. The van der Waals surface area contributed by atoms with Crippen LogP contribution in [0.3, 0.4) is 0 Å². The van der Waals surface area contributed by atoms with Crippen LogP contribution >= 0.6 is 11.8 Å². The lowest BCUT2D eigenvalue weighted by Crippen LogP contribution is -2.20. The summed E-state index contributed by atoms with van der Waals surface area (Å²) in [4.78, 5) is 12.7. The third kappa shape index (κ3) is 5.37. The van der Waals surface area contributed by atoms with Gasteiger partial charge in [0.25, 0.3) is 5.91 Å². The lowest BCUT2D eigenvalue weighted by molar-refractivity contribution is -0.118. The van der Waals surface area contributed by atoms with Crippen LogP contribution in [-0.4, -0.2) is 46.9 Å². The van der Waals surface area contributed by atoms with Crippen molar-refractivity contribution < 1.29 is 14.3 Å². The largest absolute Gasteiger partial charge is 0.497 e. The zero-order chi connectivity index (χ0) is 26.3. The van der Waals surface area contributed by atoms with E-state index in [0.717, 1.165) is 33.3 Å². The maximum absolute atomic E-state index is 12.7. The van der Waals surface area contributed by atoms with Crippen molar-refractivity contribution in [2.45, 2.75) is 5.16 Å². The Morgan fingerprint density at radius 2 is 1.68 bits per heavy atom. The normalized spacial score (nSPS) is 11.1. The maximum atomic E-state index is 12.7. The Hall–Kier alpha value is -4.63. The molecule has 0 aliphatic rings. The smallest absolute Gasteiger partial charge is 0.250 e. The molecule has 38 heavy (non-hydrogen) atoms. The molecule has 1 N–H and O–H groups in total. The Labute approximate surface area is 224 Å². The van der Waals surface area contributed by atoms with Gasteiger partial charge in [-0.05, 0) is 41.1 Å². The second-order valence-electron chi connectivity index (χ2n) is 8.19. The minimum Gasteiger partial charge on any atom is -0.497 e. The Bertz CT molecular complexity index is 1580. The average Bonchev–Trinajstić information content (AvgIpc) is 3.40. The third-order valence-corrected chi connectivity index (χ3v) is 6.79. The molecule has 0 aliphatic carbocycles. The summed E-state index contributed by atoms with van der Waals surface area (Å²) in [6.07, 6.45) is 1.61. The molecule has 0 saturated heterocycles. The minimum atomic E-state index is -0.268. The monoisotopic (exact) mass is 523 g/mol. The summed E-state index contributed by atoms with van der Waals surface area (Å²) < 4.78 is 12.7. The van der Waals surface area contributed by atoms with E-state index < -0.39 is 0 Å². The van der Waals surface area contributed by atoms with Crippen LogP contribution in [0.15, 0.2) is 101 Å². The molecule has 8 nitrogen and oxygen atoms in total. The molecule has 1 aromatic heterocycles. The molecule has 0 unspecified atom stereocenters. The minimum absolute atomic E-state index is 0.104. The number of aromatic nitrogens is 3. The first-order valence-corrected chi connectivity index (χ1v) is 12.8. The van der Waals surface area contributed by atoms with Crippen LogP contribution in [0.2, 0.25) is 0 Å². The summed E-state index contributed by atoms with van der Waals surface area (Å²) in [5.41, 5.74) is 5.18. The highest BCUT2D eigenvalue weighted by Gasteiger charge is 2.17. The summed E-state index contributed by atoms with van der Waals surface area (Å²) in [5, 5.41) is 15.6. The van der Waals surface area contributed by atoms with Gasteiger partial charge in [0.05, 0.1) is 26.2 Å². The van der Waals surface area contributed by atoms with E-state index in [9.17, 15) is 4.79 Å². The first-order chi connectivity index (χ1) is 18.7. The van der Waals surface area contributed by atoms with Crippen molar-refractivity contribution in [2.75, 3.05) is 20.0 Å². The Morgan fingerprint density at radius 1 is 0.921 bits per heavy atom. The van der Waals surface area contributed by atoms with E-state index in [0.29, 0.717) is 16.7 Å². The van der Waals surface area contributed by atoms with Crippen LogP contribution in [0, 0.1) is 0 Å². The third-order valence-electron chi connectivity index (χ3n) is 5.86. The molecule has 0 fully saturated rings. The van der Waals surface area contributed by atoms with Crippen molar-refractivity contribution in [3.63, 3.8) is 0 Å². The number of nitrogens with one attached hydrogen (secondary N) is 1. The predicted octanol–water partition coefficient (Wildman–Crippen LogP) is 5.35. The number of hydrogen-bond donors (Lipinski definition) is 1. The molecule has 1 amide bonds. The van der Waals surface area contributed by atoms with Gasteiger partial charge in [0.2, 0.25) is 0 Å². The van der Waals surface area contributed by atoms with Gasteiger partial charge in [-0.1, -0.05) is 72.4 Å². The van der Waals surface area contributed by atoms with Crippen molar-refractivity contribution in [1.82, 2.24) is 20.2 Å². The first kappa shape index (κ1) is 25.0. The number of carbonyl (C=O) groups is 1. The van der Waals surface area contributed by atoms with E-state index in [-0.39, 0.29) is 11.7 Å². The van der Waals surface area contributed by atoms with Crippen molar-refractivity contribution in [2.24, 2.45) is 5.10 Å². The quantitative estimate of drug-likeness (QED) is 0.159. The van der Waals surface area contributed by atoms with E-state index in [2.05, 4.69) is 20.7 Å². The van der Waals surface area contributed by atoms with Crippen molar-refractivity contribution in [1.29, 1.82) is 0 Å². The second kappa shape index (κ2) is 11.6. The number of nitrogens with zero attached hydrogens (tertiary/aromatic N) is 4. The van der Waals surface area contributed by atoms with E-state index in [1.54, 1.807) is 20.4 Å². The summed E-state index contributed by atoms with van der Waals surface area (Å²) >= 11 is 1.28. The standard InChI is InChI=1S/C29H25N5O3S/c1-36-23-15-13-22(14-16-23)34-28(21-9-4-3-5-10-21)32-33-29(34)38-19-27(35)31-30-18-25-24-11-7-6-8-20(24)12-17-26(25)37-2/h3-18H,19H2,1-2H3,(H,31,35)/b30-18+. The molecule has 5 rings (SSSR count). The summed E-state index contributed by atoms with van der Waals surface area (Å²) in [7, 11) is 3.24. The highest BCUT2D eigenvalue weighted by atomic mass is 32.2. The lowest BCUT2D eigenvalue weighted by atomic mass is 10.0. The molecule has 1 heterocycles. The second-order valence-corrected chi connectivity index (χ2v) is 9.13. The SMILES string of the molecule is COc1ccc(-n2c(SCC(=O)N/N=C/c3c(OC)ccc4ccccc34)nnc2-c2ccccc2)cc1. The number of methoxy groups -OCH3 is 2. The molecule has 190 valence electrons. The molecule has 0 atom stereocenters. The zero-order valence-electron chi connectivity index (χ0n) is 20.9. The van der Waals surface area contributed by atoms with Crippen molar-refractivity contribution in [3.05, 3.63) is 96.6 Å². The van der Waals surface area contributed by atoms with E-state index in [1.807, 2.05) is 95.6 Å². The number of hydrazone groups is 1. The number of hydrogen-bond acceptors (Lipinski definition) is 7.